The van der Waals surface area contributed by atoms with Crippen molar-refractivity contribution in [1.29, 1.82) is 0 Å². The number of nitrogens with two attached hydrogens (primary N) is 3. The fraction of sp³-hybridized carbons (Fsp3) is 0.765. The zero-order chi connectivity index (χ0) is 20.6. The first-order chi connectivity index (χ1) is 12.7. The second-order valence-electron chi connectivity index (χ2n) is 6.95. The molecule has 0 unspecified atom stereocenters. The summed E-state index contributed by atoms with van der Waals surface area (Å²) in [5, 5.41) is 12.0. The predicted octanol–water partition coefficient (Wildman–Crippen LogP) is -1.03. The molecule has 1 fully saturated rings. The highest BCUT2D eigenvalue weighted by Crippen LogP contribution is 2.21. The van der Waals surface area contributed by atoms with Gasteiger partial charge >= 0.3 is 5.97 Å². The molecule has 1 saturated heterocycles. The third-order valence-electron chi connectivity index (χ3n) is 4.90. The lowest BCUT2D eigenvalue weighted by Crippen LogP contribution is -2.56. The van der Waals surface area contributed by atoms with E-state index in [0.717, 1.165) is 0 Å². The van der Waals surface area contributed by atoms with Crippen molar-refractivity contribution in [3.05, 3.63) is 0 Å². The Morgan fingerprint density at radius 3 is 2.56 bits per heavy atom. The maximum atomic E-state index is 12.9. The number of rotatable bonds is 10. The van der Waals surface area contributed by atoms with Gasteiger partial charge in [-0.25, -0.2) is 4.79 Å². The van der Waals surface area contributed by atoms with Gasteiger partial charge < -0.3 is 32.5 Å². The van der Waals surface area contributed by atoms with E-state index in [1.54, 1.807) is 0 Å². The zero-order valence-electron chi connectivity index (χ0n) is 16.1. The molecule has 0 aromatic carbocycles. The van der Waals surface area contributed by atoms with Gasteiger partial charge in [0.25, 0.3) is 0 Å². The number of aliphatic carboxylic acids is 1. The van der Waals surface area contributed by atoms with E-state index in [1.165, 1.54) is 4.90 Å². The van der Waals surface area contributed by atoms with Crippen LogP contribution in [0.1, 0.15) is 46.0 Å². The van der Waals surface area contributed by atoms with Crippen LogP contribution in [0.5, 0.6) is 0 Å². The Morgan fingerprint density at radius 2 is 2.00 bits per heavy atom. The Balaban J connectivity index is 2.73. The largest absolute Gasteiger partial charge is 0.480 e. The van der Waals surface area contributed by atoms with E-state index in [1.807, 2.05) is 13.8 Å². The molecule has 0 spiro atoms. The summed E-state index contributed by atoms with van der Waals surface area (Å²) < 4.78 is 0. The summed E-state index contributed by atoms with van der Waals surface area (Å²) in [4.78, 5) is 41.9. The number of aliphatic imine (C=N–C) groups is 1. The zero-order valence-corrected chi connectivity index (χ0v) is 16.1. The highest BCUT2D eigenvalue weighted by molar-refractivity contribution is 5.92. The SMILES string of the molecule is CC[C@H](C)[C@H](NC(=O)[C@@H](N)CCCN=C(N)N)C(=O)N1CCC[C@@H]1C(=O)O. The molecule has 1 aliphatic rings. The van der Waals surface area contributed by atoms with E-state index < -0.39 is 30.0 Å². The summed E-state index contributed by atoms with van der Waals surface area (Å²) >= 11 is 0. The van der Waals surface area contributed by atoms with E-state index in [9.17, 15) is 19.5 Å². The van der Waals surface area contributed by atoms with Crippen LogP contribution in [-0.2, 0) is 14.4 Å². The first kappa shape index (κ1) is 22.7. The molecule has 0 aromatic heterocycles. The Hall–Kier alpha value is -2.36. The standard InChI is InChI=1S/C17H32N6O4/c1-3-10(2)13(15(25)23-9-5-7-12(23)16(26)27)22-14(24)11(18)6-4-8-21-17(19)20/h10-13H,3-9,18H2,1-2H3,(H,22,24)(H,26,27)(H4,19,20,21)/t10-,11-,12+,13-/m0/s1. The maximum Gasteiger partial charge on any atom is 0.326 e. The Morgan fingerprint density at radius 1 is 1.33 bits per heavy atom. The molecular formula is C17H32N6O4. The molecule has 27 heavy (non-hydrogen) atoms. The van der Waals surface area contributed by atoms with Crippen LogP contribution in [0.4, 0.5) is 0 Å². The number of hydrogen-bond acceptors (Lipinski definition) is 5. The topological polar surface area (TPSA) is 177 Å². The van der Waals surface area contributed by atoms with Crippen LogP contribution in [0.3, 0.4) is 0 Å². The molecule has 2 amide bonds. The fourth-order valence-corrected chi connectivity index (χ4v) is 3.06. The Bertz CT molecular complexity index is 564. The Labute approximate surface area is 159 Å². The summed E-state index contributed by atoms with van der Waals surface area (Å²) in [6.07, 6.45) is 2.61. The fourth-order valence-electron chi connectivity index (χ4n) is 3.06. The summed E-state index contributed by atoms with van der Waals surface area (Å²) in [5.74, 6) is -1.99. The van der Waals surface area contributed by atoms with Crippen molar-refractivity contribution in [2.24, 2.45) is 28.1 Å². The average molecular weight is 384 g/mol. The minimum Gasteiger partial charge on any atom is -0.480 e. The second kappa shape index (κ2) is 10.7. The molecule has 0 saturated carbocycles. The molecule has 10 nitrogen and oxygen atoms in total. The molecule has 0 bridgehead atoms. The van der Waals surface area contributed by atoms with Gasteiger partial charge in [0.15, 0.2) is 5.96 Å². The van der Waals surface area contributed by atoms with Crippen LogP contribution in [0, 0.1) is 5.92 Å². The smallest absolute Gasteiger partial charge is 0.326 e. The molecule has 154 valence electrons. The molecular weight excluding hydrogens is 352 g/mol. The van der Waals surface area contributed by atoms with E-state index in [0.29, 0.717) is 45.2 Å². The minimum absolute atomic E-state index is 0.0194. The lowest BCUT2D eigenvalue weighted by molar-refractivity contribution is -0.150. The number of carboxylic acids is 1. The van der Waals surface area contributed by atoms with Gasteiger partial charge in [-0.15, -0.1) is 0 Å². The molecule has 4 atom stereocenters. The molecule has 10 heteroatoms. The number of nitrogens with zero attached hydrogens (tertiary/aromatic N) is 2. The number of hydrogen-bond donors (Lipinski definition) is 5. The lowest BCUT2D eigenvalue weighted by Gasteiger charge is -2.31. The van der Waals surface area contributed by atoms with Crippen molar-refractivity contribution in [2.75, 3.05) is 13.1 Å². The number of carboxylic acid groups (broad SMARTS) is 1. The van der Waals surface area contributed by atoms with Crippen LogP contribution in [0.15, 0.2) is 4.99 Å². The van der Waals surface area contributed by atoms with E-state index in [4.69, 9.17) is 17.2 Å². The van der Waals surface area contributed by atoms with Gasteiger partial charge in [-0.1, -0.05) is 20.3 Å². The van der Waals surface area contributed by atoms with Crippen molar-refractivity contribution < 1.29 is 19.5 Å². The molecule has 8 N–H and O–H groups in total. The first-order valence-electron chi connectivity index (χ1n) is 9.33. The summed E-state index contributed by atoms with van der Waals surface area (Å²) in [6.45, 7) is 4.50. The molecule has 0 aliphatic carbocycles. The van der Waals surface area contributed by atoms with Gasteiger partial charge in [-0.05, 0) is 31.6 Å². The van der Waals surface area contributed by atoms with Crippen molar-refractivity contribution in [2.45, 2.75) is 64.1 Å². The molecule has 1 rings (SSSR count). The number of amides is 2. The van der Waals surface area contributed by atoms with Crippen molar-refractivity contribution in [3.8, 4) is 0 Å². The third kappa shape index (κ3) is 6.70. The van der Waals surface area contributed by atoms with Crippen LogP contribution >= 0.6 is 0 Å². The van der Waals surface area contributed by atoms with Crippen molar-refractivity contribution >= 4 is 23.7 Å². The highest BCUT2D eigenvalue weighted by atomic mass is 16.4. The summed E-state index contributed by atoms with van der Waals surface area (Å²) in [7, 11) is 0. The van der Waals surface area contributed by atoms with Crippen molar-refractivity contribution in [3.63, 3.8) is 0 Å². The van der Waals surface area contributed by atoms with Gasteiger partial charge in [-0.3, -0.25) is 14.6 Å². The van der Waals surface area contributed by atoms with Crippen LogP contribution in [0.2, 0.25) is 0 Å². The minimum atomic E-state index is -1.02. The van der Waals surface area contributed by atoms with Crippen LogP contribution in [-0.4, -0.2) is 65.0 Å². The third-order valence-corrected chi connectivity index (χ3v) is 4.90. The number of carbonyl (C=O) groups is 3. The monoisotopic (exact) mass is 384 g/mol. The molecule has 0 aromatic rings. The van der Waals surface area contributed by atoms with Crippen LogP contribution in [0.25, 0.3) is 0 Å². The number of nitrogens with one attached hydrogen (secondary N) is 1. The normalized spacial score (nSPS) is 19.8. The lowest BCUT2D eigenvalue weighted by atomic mass is 9.96. The van der Waals surface area contributed by atoms with Crippen LogP contribution < -0.4 is 22.5 Å². The molecule has 1 aliphatic heterocycles. The number of guanidine groups is 1. The molecule has 1 heterocycles. The van der Waals surface area contributed by atoms with Gasteiger partial charge in [0.2, 0.25) is 11.8 Å². The highest BCUT2D eigenvalue weighted by Gasteiger charge is 2.39. The van der Waals surface area contributed by atoms with Gasteiger partial charge in [0, 0.05) is 13.1 Å². The van der Waals surface area contributed by atoms with E-state index in [-0.39, 0.29) is 17.8 Å². The summed E-state index contributed by atoms with van der Waals surface area (Å²) in [5.41, 5.74) is 16.4. The average Bonchev–Trinajstić information content (AvgIpc) is 3.11. The van der Waals surface area contributed by atoms with Gasteiger partial charge in [0.1, 0.15) is 12.1 Å². The first-order valence-corrected chi connectivity index (χ1v) is 9.33. The number of carbonyl (C=O) groups excluding carboxylic acids is 2. The van der Waals surface area contributed by atoms with E-state index >= 15 is 0 Å². The maximum absolute atomic E-state index is 12.9. The number of likely N-dealkylation sites (tertiary alicyclic amines) is 1. The molecule has 0 radical (unpaired) electrons. The van der Waals surface area contributed by atoms with Gasteiger partial charge in [-0.2, -0.15) is 0 Å². The van der Waals surface area contributed by atoms with Gasteiger partial charge in [0.05, 0.1) is 6.04 Å². The quantitative estimate of drug-likeness (QED) is 0.182. The second-order valence-corrected chi connectivity index (χ2v) is 6.95. The summed E-state index contributed by atoms with van der Waals surface area (Å²) in [6, 6.07) is -2.44. The Kier molecular flexibility index (Phi) is 8.99. The predicted molar refractivity (Wildman–Crippen MR) is 102 cm³/mol. The van der Waals surface area contributed by atoms with E-state index in [2.05, 4.69) is 10.3 Å². The van der Waals surface area contributed by atoms with Crippen molar-refractivity contribution in [1.82, 2.24) is 10.2 Å².